The molecule has 0 aliphatic rings. The average molecular weight is 279 g/mol. The first-order valence-electron chi connectivity index (χ1n) is 4.99. The minimum atomic E-state index is -4.52. The molecule has 0 fully saturated rings. The smallest absolute Gasteiger partial charge is 0.416 e. The van der Waals surface area contributed by atoms with Crippen LogP contribution >= 0.6 is 11.8 Å². The van der Waals surface area contributed by atoms with Crippen molar-refractivity contribution in [1.82, 2.24) is 0 Å². The molecule has 0 saturated carbocycles. The second kappa shape index (κ2) is 5.51. The normalized spacial score (nSPS) is 13.2. The molecule has 1 rings (SSSR count). The first kappa shape index (κ1) is 14.7. The van der Waals surface area contributed by atoms with Crippen molar-refractivity contribution in [2.24, 2.45) is 0 Å². The van der Waals surface area contributed by atoms with Crippen molar-refractivity contribution in [1.29, 1.82) is 0 Å². The minimum absolute atomic E-state index is 0.240. The molecule has 7 heteroatoms. The molecular formula is C11H12F3NO2S. The Hall–Kier alpha value is -1.37. The summed E-state index contributed by atoms with van der Waals surface area (Å²) in [5.41, 5.74) is -1.16. The number of carbonyl (C=O) groups excluding carboxylic acids is 1. The lowest BCUT2D eigenvalue weighted by Gasteiger charge is -2.13. The zero-order chi connectivity index (χ0) is 13.9. The number of rotatable bonds is 3. The van der Waals surface area contributed by atoms with Crippen molar-refractivity contribution in [3.63, 3.8) is 0 Å². The van der Waals surface area contributed by atoms with Crippen molar-refractivity contribution < 1.29 is 23.1 Å². The maximum absolute atomic E-state index is 12.5. The number of carbonyl (C=O) groups is 1. The zero-order valence-corrected chi connectivity index (χ0v) is 10.5. The van der Waals surface area contributed by atoms with Gasteiger partial charge in [-0.2, -0.15) is 24.9 Å². The van der Waals surface area contributed by atoms with Gasteiger partial charge in [0.2, 0.25) is 5.91 Å². The standard InChI is InChI=1S/C11H12F3NO2S/c1-6(18-2)10(17)15-8-5-7(11(12,13)14)3-4-9(8)16/h3-6,16H,1-2H3,(H,15,17)/t6-/m0/s1. The van der Waals surface area contributed by atoms with Gasteiger partial charge in [-0.05, 0) is 31.4 Å². The highest BCUT2D eigenvalue weighted by Crippen LogP contribution is 2.34. The number of hydrogen-bond acceptors (Lipinski definition) is 3. The van der Waals surface area contributed by atoms with Gasteiger partial charge in [-0.15, -0.1) is 0 Å². The summed E-state index contributed by atoms with van der Waals surface area (Å²) in [6, 6.07) is 2.37. The molecule has 100 valence electrons. The monoisotopic (exact) mass is 279 g/mol. The molecule has 2 N–H and O–H groups in total. The molecule has 0 saturated heterocycles. The lowest BCUT2D eigenvalue weighted by Crippen LogP contribution is -2.22. The summed E-state index contributed by atoms with van der Waals surface area (Å²) in [6.45, 7) is 1.62. The minimum Gasteiger partial charge on any atom is -0.506 e. The van der Waals surface area contributed by atoms with Gasteiger partial charge in [0, 0.05) is 0 Å². The van der Waals surface area contributed by atoms with Gasteiger partial charge in [-0.25, -0.2) is 0 Å². The number of anilines is 1. The molecule has 18 heavy (non-hydrogen) atoms. The summed E-state index contributed by atoms with van der Waals surface area (Å²) in [6.07, 6.45) is -2.81. The van der Waals surface area contributed by atoms with Crippen LogP contribution in [-0.4, -0.2) is 22.5 Å². The number of benzene rings is 1. The number of phenolic OH excluding ortho intramolecular Hbond substituents is 1. The Morgan fingerprint density at radius 1 is 1.44 bits per heavy atom. The molecule has 0 aromatic heterocycles. The van der Waals surface area contributed by atoms with Gasteiger partial charge in [-0.1, -0.05) is 0 Å². The van der Waals surface area contributed by atoms with Gasteiger partial charge in [0.1, 0.15) is 5.75 Å². The highest BCUT2D eigenvalue weighted by atomic mass is 32.2. The van der Waals surface area contributed by atoms with E-state index in [1.165, 1.54) is 11.8 Å². The van der Waals surface area contributed by atoms with E-state index in [-0.39, 0.29) is 5.69 Å². The maximum Gasteiger partial charge on any atom is 0.416 e. The highest BCUT2D eigenvalue weighted by molar-refractivity contribution is 7.99. The van der Waals surface area contributed by atoms with Crippen molar-refractivity contribution in [3.05, 3.63) is 23.8 Å². The number of nitrogens with one attached hydrogen (secondary N) is 1. The fraction of sp³-hybridized carbons (Fsp3) is 0.364. The average Bonchev–Trinajstić information content (AvgIpc) is 2.29. The highest BCUT2D eigenvalue weighted by Gasteiger charge is 2.31. The number of amides is 1. The summed E-state index contributed by atoms with van der Waals surface area (Å²) in [5, 5.41) is 11.3. The Morgan fingerprint density at radius 2 is 2.06 bits per heavy atom. The van der Waals surface area contributed by atoms with E-state index in [1.54, 1.807) is 13.2 Å². The molecule has 1 aromatic rings. The van der Waals surface area contributed by atoms with E-state index in [0.717, 1.165) is 12.1 Å². The van der Waals surface area contributed by atoms with E-state index in [1.807, 2.05) is 0 Å². The SMILES string of the molecule is CS[C@@H](C)C(=O)Nc1cc(C(F)(F)F)ccc1O. The van der Waals surface area contributed by atoms with E-state index in [0.29, 0.717) is 6.07 Å². The Labute approximate surface area is 106 Å². The number of aromatic hydroxyl groups is 1. The van der Waals surface area contributed by atoms with Crippen molar-refractivity contribution in [2.75, 3.05) is 11.6 Å². The van der Waals surface area contributed by atoms with Gasteiger partial charge in [0.25, 0.3) is 0 Å². The summed E-state index contributed by atoms with van der Waals surface area (Å²) >= 11 is 1.25. The Bertz CT molecular complexity index is 448. The van der Waals surface area contributed by atoms with Crippen LogP contribution in [-0.2, 0) is 11.0 Å². The number of hydrogen-bond donors (Lipinski definition) is 2. The number of phenols is 1. The number of halogens is 3. The zero-order valence-electron chi connectivity index (χ0n) is 9.71. The predicted molar refractivity (Wildman–Crippen MR) is 64.7 cm³/mol. The van der Waals surface area contributed by atoms with Gasteiger partial charge < -0.3 is 10.4 Å². The Kier molecular flexibility index (Phi) is 4.50. The van der Waals surface area contributed by atoms with Crippen LogP contribution in [0.5, 0.6) is 5.75 Å². The van der Waals surface area contributed by atoms with Gasteiger partial charge >= 0.3 is 6.18 Å². The summed E-state index contributed by atoms with van der Waals surface area (Å²) < 4.78 is 37.4. The van der Waals surface area contributed by atoms with E-state index >= 15 is 0 Å². The lowest BCUT2D eigenvalue weighted by molar-refractivity contribution is -0.137. The lowest BCUT2D eigenvalue weighted by atomic mass is 10.1. The fourth-order valence-electron chi connectivity index (χ4n) is 1.15. The van der Waals surface area contributed by atoms with E-state index < -0.39 is 28.6 Å². The molecule has 1 amide bonds. The van der Waals surface area contributed by atoms with Crippen molar-refractivity contribution >= 4 is 23.4 Å². The van der Waals surface area contributed by atoms with E-state index in [2.05, 4.69) is 5.32 Å². The van der Waals surface area contributed by atoms with Crippen LogP contribution in [0.15, 0.2) is 18.2 Å². The summed E-state index contributed by atoms with van der Waals surface area (Å²) in [5.74, 6) is -0.859. The Balaban J connectivity index is 2.99. The predicted octanol–water partition coefficient (Wildman–Crippen LogP) is 3.10. The molecule has 3 nitrogen and oxygen atoms in total. The number of alkyl halides is 3. The van der Waals surface area contributed by atoms with Crippen LogP contribution in [0, 0.1) is 0 Å². The van der Waals surface area contributed by atoms with Crippen LogP contribution in [0.4, 0.5) is 18.9 Å². The third-order valence-electron chi connectivity index (χ3n) is 2.30. The van der Waals surface area contributed by atoms with Crippen LogP contribution in [0.2, 0.25) is 0 Å². The van der Waals surface area contributed by atoms with E-state index in [4.69, 9.17) is 0 Å². The number of thioether (sulfide) groups is 1. The van der Waals surface area contributed by atoms with Gasteiger partial charge in [0.05, 0.1) is 16.5 Å². The van der Waals surface area contributed by atoms with Crippen LogP contribution in [0.1, 0.15) is 12.5 Å². The molecule has 0 spiro atoms. The molecule has 0 heterocycles. The van der Waals surface area contributed by atoms with Crippen LogP contribution in [0.3, 0.4) is 0 Å². The third-order valence-corrected chi connectivity index (χ3v) is 3.23. The second-order valence-corrected chi connectivity index (χ2v) is 4.78. The molecule has 1 atom stereocenters. The van der Waals surface area contributed by atoms with Crippen LogP contribution < -0.4 is 5.32 Å². The molecular weight excluding hydrogens is 267 g/mol. The topological polar surface area (TPSA) is 49.3 Å². The fourth-order valence-corrected chi connectivity index (χ4v) is 1.43. The molecule has 0 bridgehead atoms. The molecule has 0 aliphatic heterocycles. The molecule has 1 aromatic carbocycles. The molecule has 0 unspecified atom stereocenters. The second-order valence-electron chi connectivity index (χ2n) is 3.60. The largest absolute Gasteiger partial charge is 0.506 e. The summed E-state index contributed by atoms with van der Waals surface area (Å²) in [4.78, 5) is 11.5. The van der Waals surface area contributed by atoms with Crippen molar-refractivity contribution in [3.8, 4) is 5.75 Å². The van der Waals surface area contributed by atoms with Gasteiger partial charge in [-0.3, -0.25) is 4.79 Å². The van der Waals surface area contributed by atoms with Crippen LogP contribution in [0.25, 0.3) is 0 Å². The first-order chi connectivity index (χ1) is 8.25. The molecule has 0 radical (unpaired) electrons. The first-order valence-corrected chi connectivity index (χ1v) is 6.28. The summed E-state index contributed by atoms with van der Waals surface area (Å²) in [7, 11) is 0. The quantitative estimate of drug-likeness (QED) is 0.836. The van der Waals surface area contributed by atoms with E-state index in [9.17, 15) is 23.1 Å². The van der Waals surface area contributed by atoms with Gasteiger partial charge in [0.15, 0.2) is 0 Å². The third kappa shape index (κ3) is 3.56. The maximum atomic E-state index is 12.5. The molecule has 0 aliphatic carbocycles. The Morgan fingerprint density at radius 3 is 2.56 bits per heavy atom. The van der Waals surface area contributed by atoms with Crippen molar-refractivity contribution in [2.45, 2.75) is 18.3 Å².